The van der Waals surface area contributed by atoms with E-state index in [-0.39, 0.29) is 5.91 Å². The Labute approximate surface area is 116 Å². The summed E-state index contributed by atoms with van der Waals surface area (Å²) >= 11 is 1.43. The highest BCUT2D eigenvalue weighted by atomic mass is 32.1. The van der Waals surface area contributed by atoms with Crippen LogP contribution in [0.25, 0.3) is 0 Å². The van der Waals surface area contributed by atoms with Gasteiger partial charge >= 0.3 is 0 Å². The van der Waals surface area contributed by atoms with Gasteiger partial charge in [0, 0.05) is 19.0 Å². The van der Waals surface area contributed by atoms with Crippen molar-refractivity contribution in [2.75, 3.05) is 20.2 Å². The minimum atomic E-state index is -0.0408. The summed E-state index contributed by atoms with van der Waals surface area (Å²) in [5.74, 6) is 0.817. The Morgan fingerprint density at radius 3 is 2.84 bits per heavy atom. The third kappa shape index (κ3) is 4.06. The van der Waals surface area contributed by atoms with E-state index in [1.165, 1.54) is 11.3 Å². The lowest BCUT2D eigenvalue weighted by molar-refractivity contribution is 0.0783. The molecule has 2 aromatic rings. The molecule has 0 bridgehead atoms. The lowest BCUT2D eigenvalue weighted by atomic mass is 10.3. The van der Waals surface area contributed by atoms with Crippen LogP contribution >= 0.6 is 11.3 Å². The van der Waals surface area contributed by atoms with Crippen LogP contribution in [0.1, 0.15) is 16.9 Å². The topological polar surface area (TPSA) is 42.4 Å². The maximum atomic E-state index is 11.9. The van der Waals surface area contributed by atoms with Gasteiger partial charge < -0.3 is 9.64 Å². The second-order valence-electron chi connectivity index (χ2n) is 4.12. The average Bonchev–Trinajstić information content (AvgIpc) is 2.98. The van der Waals surface area contributed by atoms with Crippen molar-refractivity contribution in [1.82, 2.24) is 9.88 Å². The standard InChI is InChI=1S/C14H16N2O2S/c1-16(14(17)13-10-19-11-15-13)8-5-9-18-12-6-3-2-4-7-12/h2-4,6-7,10-11H,5,8-9H2,1H3. The first kappa shape index (κ1) is 13.5. The highest BCUT2D eigenvalue weighted by molar-refractivity contribution is 7.07. The van der Waals surface area contributed by atoms with Gasteiger partial charge in [-0.3, -0.25) is 4.79 Å². The van der Waals surface area contributed by atoms with E-state index in [0.717, 1.165) is 12.2 Å². The molecule has 1 aromatic carbocycles. The zero-order valence-electron chi connectivity index (χ0n) is 10.8. The van der Waals surface area contributed by atoms with Crippen LogP contribution in [0.15, 0.2) is 41.2 Å². The summed E-state index contributed by atoms with van der Waals surface area (Å²) in [4.78, 5) is 17.6. The monoisotopic (exact) mass is 276 g/mol. The Morgan fingerprint density at radius 1 is 1.37 bits per heavy atom. The van der Waals surface area contributed by atoms with E-state index < -0.39 is 0 Å². The van der Waals surface area contributed by atoms with Crippen LogP contribution in [0.2, 0.25) is 0 Å². The second kappa shape index (κ2) is 6.89. The van der Waals surface area contributed by atoms with Crippen LogP contribution < -0.4 is 4.74 Å². The number of ether oxygens (including phenoxy) is 1. The van der Waals surface area contributed by atoms with E-state index in [4.69, 9.17) is 4.74 Å². The zero-order chi connectivity index (χ0) is 13.5. The molecule has 0 radical (unpaired) electrons. The number of para-hydroxylation sites is 1. The molecule has 0 fully saturated rings. The normalized spacial score (nSPS) is 10.2. The van der Waals surface area contributed by atoms with Crippen molar-refractivity contribution in [2.24, 2.45) is 0 Å². The fourth-order valence-corrected chi connectivity index (χ4v) is 2.15. The fraction of sp³-hybridized carbons (Fsp3) is 0.286. The highest BCUT2D eigenvalue weighted by Crippen LogP contribution is 2.09. The number of carbonyl (C=O) groups is 1. The Bertz CT molecular complexity index is 499. The van der Waals surface area contributed by atoms with Crippen LogP contribution in [-0.4, -0.2) is 36.0 Å². The molecule has 0 aliphatic rings. The van der Waals surface area contributed by atoms with Gasteiger partial charge in [-0.05, 0) is 18.6 Å². The number of thiazole rings is 1. The summed E-state index contributed by atoms with van der Waals surface area (Å²) in [6.07, 6.45) is 0.793. The predicted molar refractivity (Wildman–Crippen MR) is 75.6 cm³/mol. The van der Waals surface area contributed by atoms with Crippen LogP contribution in [0.5, 0.6) is 5.75 Å². The predicted octanol–water partition coefficient (Wildman–Crippen LogP) is 2.68. The first-order valence-electron chi connectivity index (χ1n) is 6.09. The summed E-state index contributed by atoms with van der Waals surface area (Å²) in [5.41, 5.74) is 2.18. The first-order chi connectivity index (χ1) is 9.27. The highest BCUT2D eigenvalue weighted by Gasteiger charge is 2.12. The SMILES string of the molecule is CN(CCCOc1ccccc1)C(=O)c1cscn1. The Morgan fingerprint density at radius 2 is 2.16 bits per heavy atom. The van der Waals surface area contributed by atoms with E-state index in [1.54, 1.807) is 22.8 Å². The molecule has 2 rings (SSSR count). The van der Waals surface area contributed by atoms with E-state index in [9.17, 15) is 4.79 Å². The molecule has 4 nitrogen and oxygen atoms in total. The smallest absolute Gasteiger partial charge is 0.273 e. The maximum absolute atomic E-state index is 11.9. The molecule has 0 aliphatic heterocycles. The van der Waals surface area contributed by atoms with Crippen molar-refractivity contribution >= 4 is 17.2 Å². The quantitative estimate of drug-likeness (QED) is 0.762. The van der Waals surface area contributed by atoms with Gasteiger partial charge in [0.2, 0.25) is 0 Å². The molecule has 1 amide bonds. The number of amides is 1. The molecule has 0 unspecified atom stereocenters. The van der Waals surface area contributed by atoms with Crippen molar-refractivity contribution in [2.45, 2.75) is 6.42 Å². The zero-order valence-corrected chi connectivity index (χ0v) is 11.6. The van der Waals surface area contributed by atoms with Crippen molar-refractivity contribution in [3.63, 3.8) is 0 Å². The largest absolute Gasteiger partial charge is 0.494 e. The van der Waals surface area contributed by atoms with Gasteiger partial charge in [0.1, 0.15) is 11.4 Å². The number of hydrogen-bond donors (Lipinski definition) is 0. The van der Waals surface area contributed by atoms with E-state index in [2.05, 4.69) is 4.98 Å². The van der Waals surface area contributed by atoms with Crippen LogP contribution in [0.4, 0.5) is 0 Å². The van der Waals surface area contributed by atoms with Crippen LogP contribution in [0.3, 0.4) is 0 Å². The Kier molecular flexibility index (Phi) is 4.92. The van der Waals surface area contributed by atoms with Crippen molar-refractivity contribution < 1.29 is 9.53 Å². The second-order valence-corrected chi connectivity index (χ2v) is 4.83. The third-order valence-electron chi connectivity index (χ3n) is 2.65. The number of benzene rings is 1. The molecule has 0 saturated carbocycles. The van der Waals surface area contributed by atoms with E-state index in [0.29, 0.717) is 18.8 Å². The summed E-state index contributed by atoms with van der Waals surface area (Å²) in [6, 6.07) is 9.67. The number of nitrogens with zero attached hydrogens (tertiary/aromatic N) is 2. The average molecular weight is 276 g/mol. The fourth-order valence-electron chi connectivity index (χ4n) is 1.62. The lowest BCUT2D eigenvalue weighted by Crippen LogP contribution is -2.28. The van der Waals surface area contributed by atoms with Crippen LogP contribution in [-0.2, 0) is 0 Å². The summed E-state index contributed by atoms with van der Waals surface area (Å²) in [5, 5.41) is 1.76. The molecule has 0 aliphatic carbocycles. The molecule has 19 heavy (non-hydrogen) atoms. The van der Waals surface area contributed by atoms with Crippen molar-refractivity contribution in [1.29, 1.82) is 0 Å². The molecular weight excluding hydrogens is 260 g/mol. The molecule has 0 N–H and O–H groups in total. The molecule has 1 aromatic heterocycles. The summed E-state index contributed by atoms with van der Waals surface area (Å²) in [6.45, 7) is 1.25. The number of rotatable bonds is 6. The number of carbonyl (C=O) groups excluding carboxylic acids is 1. The Hall–Kier alpha value is -1.88. The first-order valence-corrected chi connectivity index (χ1v) is 7.03. The minimum Gasteiger partial charge on any atom is -0.494 e. The van der Waals surface area contributed by atoms with Gasteiger partial charge in [-0.15, -0.1) is 11.3 Å². The van der Waals surface area contributed by atoms with E-state index >= 15 is 0 Å². The molecule has 1 heterocycles. The summed E-state index contributed by atoms with van der Waals surface area (Å²) < 4.78 is 5.58. The van der Waals surface area contributed by atoms with Gasteiger partial charge in [-0.25, -0.2) is 4.98 Å². The van der Waals surface area contributed by atoms with Crippen molar-refractivity contribution in [3.8, 4) is 5.75 Å². The minimum absolute atomic E-state index is 0.0408. The van der Waals surface area contributed by atoms with Gasteiger partial charge in [-0.2, -0.15) is 0 Å². The molecule has 0 saturated heterocycles. The Balaban J connectivity index is 1.70. The van der Waals surface area contributed by atoms with Crippen LogP contribution in [0, 0.1) is 0 Å². The molecule has 0 atom stereocenters. The van der Waals surface area contributed by atoms with Gasteiger partial charge in [0.05, 0.1) is 12.1 Å². The number of hydrogen-bond acceptors (Lipinski definition) is 4. The molecule has 0 spiro atoms. The van der Waals surface area contributed by atoms with E-state index in [1.807, 2.05) is 30.3 Å². The van der Waals surface area contributed by atoms with Gasteiger partial charge in [0.25, 0.3) is 5.91 Å². The van der Waals surface area contributed by atoms with Crippen molar-refractivity contribution in [3.05, 3.63) is 46.9 Å². The van der Waals surface area contributed by atoms with Gasteiger partial charge in [0.15, 0.2) is 0 Å². The molecule has 5 heteroatoms. The summed E-state index contributed by atoms with van der Waals surface area (Å²) in [7, 11) is 1.78. The lowest BCUT2D eigenvalue weighted by Gasteiger charge is -2.15. The number of aromatic nitrogens is 1. The molecular formula is C14H16N2O2S. The third-order valence-corrected chi connectivity index (χ3v) is 3.23. The molecule has 100 valence electrons. The maximum Gasteiger partial charge on any atom is 0.273 e. The van der Waals surface area contributed by atoms with Gasteiger partial charge in [-0.1, -0.05) is 18.2 Å².